The Kier molecular flexibility index (Phi) is 9.78. The smallest absolute Gasteiger partial charge is 0.305 e. The van der Waals surface area contributed by atoms with E-state index in [2.05, 4.69) is 6.07 Å². The van der Waals surface area contributed by atoms with E-state index in [1.165, 1.54) is 12.7 Å². The SMILES string of the molecule is COC(=O)C[C@@H](C)CC(=O)c1c(CCCCCCc2cccc(Cl)c2)sc2ccc(Cl)cc12. The number of hydrogen-bond donors (Lipinski definition) is 0. The lowest BCUT2D eigenvalue weighted by molar-refractivity contribution is -0.141. The van der Waals surface area contributed by atoms with E-state index in [1.54, 1.807) is 11.3 Å². The number of carbonyl (C=O) groups is 2. The molecule has 2 aromatic carbocycles. The number of unbranched alkanes of at least 4 members (excludes halogenated alkanes) is 3. The molecule has 0 radical (unpaired) electrons. The molecule has 0 bridgehead atoms. The van der Waals surface area contributed by atoms with Crippen LogP contribution in [-0.2, 0) is 22.4 Å². The number of Topliss-reactive ketones (excluding diaryl/α,β-unsaturated/α-hetero) is 1. The van der Waals surface area contributed by atoms with Crippen LogP contribution in [0.5, 0.6) is 0 Å². The Morgan fingerprint density at radius 1 is 0.939 bits per heavy atom. The van der Waals surface area contributed by atoms with E-state index in [0.717, 1.165) is 64.1 Å². The molecule has 0 saturated carbocycles. The lowest BCUT2D eigenvalue weighted by Crippen LogP contribution is -2.12. The average molecular weight is 506 g/mol. The number of carbonyl (C=O) groups excluding carboxylic acids is 2. The van der Waals surface area contributed by atoms with Crippen LogP contribution >= 0.6 is 34.5 Å². The second-order valence-corrected chi connectivity index (χ2v) is 10.6. The standard InChI is InChI=1S/C27H30Cl2O3S/c1-18(15-26(31)32-2)14-23(30)27-22-17-21(29)12-13-24(22)33-25(27)11-6-4-3-5-8-19-9-7-10-20(28)16-19/h7,9-10,12-13,16-18H,3-6,8,11,14-15H2,1-2H3/t18-/m0/s1. The van der Waals surface area contributed by atoms with Crippen molar-refractivity contribution in [3.05, 3.63) is 68.5 Å². The number of thiophene rings is 1. The zero-order valence-corrected chi connectivity index (χ0v) is 21.5. The number of methoxy groups -OCH3 is 1. The lowest BCUT2D eigenvalue weighted by Gasteiger charge is -2.10. The van der Waals surface area contributed by atoms with E-state index in [1.807, 2.05) is 43.3 Å². The van der Waals surface area contributed by atoms with Crippen LogP contribution in [-0.4, -0.2) is 18.9 Å². The Labute approximate surface area is 210 Å². The van der Waals surface area contributed by atoms with Crippen LogP contribution in [0.4, 0.5) is 0 Å². The Morgan fingerprint density at radius 3 is 2.39 bits per heavy atom. The molecule has 1 aromatic heterocycles. The zero-order valence-electron chi connectivity index (χ0n) is 19.2. The summed E-state index contributed by atoms with van der Waals surface area (Å²) in [7, 11) is 1.37. The predicted octanol–water partition coefficient (Wildman–Crippen LogP) is 8.33. The summed E-state index contributed by atoms with van der Waals surface area (Å²) in [5, 5.41) is 2.35. The highest BCUT2D eigenvalue weighted by Crippen LogP contribution is 2.36. The molecule has 0 amide bonds. The van der Waals surface area contributed by atoms with Crippen molar-refractivity contribution in [3.8, 4) is 0 Å². The number of benzene rings is 2. The molecule has 0 saturated heterocycles. The van der Waals surface area contributed by atoms with Gasteiger partial charge >= 0.3 is 5.97 Å². The number of rotatable bonds is 12. The topological polar surface area (TPSA) is 43.4 Å². The molecule has 6 heteroatoms. The Morgan fingerprint density at radius 2 is 1.67 bits per heavy atom. The highest BCUT2D eigenvalue weighted by atomic mass is 35.5. The van der Waals surface area contributed by atoms with Crippen molar-refractivity contribution < 1.29 is 14.3 Å². The number of aryl methyl sites for hydroxylation is 2. The van der Waals surface area contributed by atoms with Crippen molar-refractivity contribution in [1.82, 2.24) is 0 Å². The summed E-state index contributed by atoms with van der Waals surface area (Å²) in [6.45, 7) is 1.91. The second-order valence-electron chi connectivity index (χ2n) is 8.60. The Bertz CT molecular complexity index is 1110. The molecular weight excluding hydrogens is 475 g/mol. The third-order valence-electron chi connectivity index (χ3n) is 5.79. The maximum Gasteiger partial charge on any atom is 0.305 e. The van der Waals surface area contributed by atoms with Gasteiger partial charge < -0.3 is 4.74 Å². The highest BCUT2D eigenvalue weighted by molar-refractivity contribution is 7.19. The van der Waals surface area contributed by atoms with E-state index < -0.39 is 0 Å². The summed E-state index contributed by atoms with van der Waals surface area (Å²) < 4.78 is 5.83. The van der Waals surface area contributed by atoms with Gasteiger partial charge in [0.25, 0.3) is 0 Å². The molecule has 1 atom stereocenters. The minimum absolute atomic E-state index is 0.0709. The molecule has 0 spiro atoms. The van der Waals surface area contributed by atoms with Crippen LogP contribution in [0.25, 0.3) is 10.1 Å². The largest absolute Gasteiger partial charge is 0.469 e. The first-order valence-corrected chi connectivity index (χ1v) is 13.0. The van der Waals surface area contributed by atoms with Gasteiger partial charge in [0.15, 0.2) is 5.78 Å². The van der Waals surface area contributed by atoms with Gasteiger partial charge in [0.2, 0.25) is 0 Å². The number of ether oxygens (including phenoxy) is 1. The van der Waals surface area contributed by atoms with Gasteiger partial charge in [-0.1, -0.05) is 55.1 Å². The fraction of sp³-hybridized carbons (Fsp3) is 0.407. The van der Waals surface area contributed by atoms with Gasteiger partial charge in [0.1, 0.15) is 0 Å². The van der Waals surface area contributed by atoms with Crippen LogP contribution in [0.2, 0.25) is 10.0 Å². The quantitative estimate of drug-likeness (QED) is 0.141. The monoisotopic (exact) mass is 504 g/mol. The van der Waals surface area contributed by atoms with Crippen LogP contribution in [0.3, 0.4) is 0 Å². The third kappa shape index (κ3) is 7.56. The van der Waals surface area contributed by atoms with Crippen molar-refractivity contribution in [2.24, 2.45) is 5.92 Å². The van der Waals surface area contributed by atoms with E-state index in [9.17, 15) is 9.59 Å². The molecule has 176 valence electrons. The Hall–Kier alpha value is -1.88. The van der Waals surface area contributed by atoms with Crippen molar-refractivity contribution >= 4 is 56.4 Å². The van der Waals surface area contributed by atoms with Gasteiger partial charge in [-0.25, -0.2) is 0 Å². The number of esters is 1. The van der Waals surface area contributed by atoms with E-state index in [4.69, 9.17) is 27.9 Å². The van der Waals surface area contributed by atoms with Gasteiger partial charge in [-0.05, 0) is 67.5 Å². The van der Waals surface area contributed by atoms with Crippen molar-refractivity contribution in [1.29, 1.82) is 0 Å². The van der Waals surface area contributed by atoms with Crippen LogP contribution in [0, 0.1) is 5.92 Å². The molecule has 3 rings (SSSR count). The minimum atomic E-state index is -0.286. The second kappa shape index (κ2) is 12.5. The van der Waals surface area contributed by atoms with Crippen molar-refractivity contribution in [3.63, 3.8) is 0 Å². The predicted molar refractivity (Wildman–Crippen MR) is 139 cm³/mol. The molecule has 0 N–H and O–H groups in total. The fourth-order valence-corrected chi connectivity index (χ4v) is 5.75. The summed E-state index contributed by atoms with van der Waals surface area (Å²) >= 11 is 14.0. The summed E-state index contributed by atoms with van der Waals surface area (Å²) in [5.74, 6) is -0.277. The van der Waals surface area contributed by atoms with Gasteiger partial charge in [0, 0.05) is 43.4 Å². The lowest BCUT2D eigenvalue weighted by atomic mass is 9.94. The maximum absolute atomic E-state index is 13.3. The number of hydrogen-bond acceptors (Lipinski definition) is 4. The van der Waals surface area contributed by atoms with Crippen molar-refractivity contribution in [2.75, 3.05) is 7.11 Å². The molecule has 3 aromatic rings. The first-order chi connectivity index (χ1) is 15.9. The molecule has 0 aliphatic carbocycles. The average Bonchev–Trinajstić information content (AvgIpc) is 3.13. The number of ketones is 1. The first kappa shape index (κ1) is 25.7. The molecule has 0 unspecified atom stereocenters. The molecule has 3 nitrogen and oxygen atoms in total. The summed E-state index contributed by atoms with van der Waals surface area (Å²) in [6, 6.07) is 13.8. The molecule has 0 fully saturated rings. The van der Waals surface area contributed by atoms with Crippen LogP contribution in [0.15, 0.2) is 42.5 Å². The van der Waals surface area contributed by atoms with E-state index in [-0.39, 0.29) is 24.1 Å². The zero-order chi connectivity index (χ0) is 23.8. The molecule has 0 aliphatic rings. The van der Waals surface area contributed by atoms with Gasteiger partial charge in [0.05, 0.1) is 7.11 Å². The van der Waals surface area contributed by atoms with Gasteiger partial charge in [-0.2, -0.15) is 0 Å². The molecule has 0 aliphatic heterocycles. The highest BCUT2D eigenvalue weighted by Gasteiger charge is 2.22. The van der Waals surface area contributed by atoms with Gasteiger partial charge in [-0.15, -0.1) is 11.3 Å². The summed E-state index contributed by atoms with van der Waals surface area (Å²) in [4.78, 5) is 26.0. The minimum Gasteiger partial charge on any atom is -0.469 e. The van der Waals surface area contributed by atoms with Gasteiger partial charge in [-0.3, -0.25) is 9.59 Å². The number of halogens is 2. The Balaban J connectivity index is 1.61. The first-order valence-electron chi connectivity index (χ1n) is 11.4. The normalized spacial score (nSPS) is 12.1. The summed E-state index contributed by atoms with van der Waals surface area (Å²) in [5.41, 5.74) is 2.06. The molecule has 33 heavy (non-hydrogen) atoms. The summed E-state index contributed by atoms with van der Waals surface area (Å²) in [6.07, 6.45) is 6.88. The maximum atomic E-state index is 13.3. The van der Waals surface area contributed by atoms with Crippen LogP contribution in [0.1, 0.15) is 66.2 Å². The van der Waals surface area contributed by atoms with E-state index in [0.29, 0.717) is 11.4 Å². The van der Waals surface area contributed by atoms with Crippen molar-refractivity contribution in [2.45, 2.75) is 58.3 Å². The van der Waals surface area contributed by atoms with E-state index >= 15 is 0 Å². The fourth-order valence-electron chi connectivity index (χ4n) is 4.12. The third-order valence-corrected chi connectivity index (χ3v) is 7.49. The molecular formula is C27H30Cl2O3S. The van der Waals surface area contributed by atoms with Crippen LogP contribution < -0.4 is 0 Å². The number of fused-ring (bicyclic) bond motifs is 1. The molecule has 1 heterocycles.